The Labute approximate surface area is 129 Å². The molecule has 2 rings (SSSR count). The van der Waals surface area contributed by atoms with Crippen LogP contribution in [0.2, 0.25) is 10.0 Å². The maximum Gasteiger partial charge on any atom is 0.0664 e. The molecule has 3 nitrogen and oxygen atoms in total. The van der Waals surface area contributed by atoms with Crippen molar-refractivity contribution in [3.05, 3.63) is 45.7 Å². The van der Waals surface area contributed by atoms with Gasteiger partial charge in [0.25, 0.3) is 0 Å². The van der Waals surface area contributed by atoms with E-state index < -0.39 is 0 Å². The lowest BCUT2D eigenvalue weighted by atomic mass is 10.1. The molecule has 0 fully saturated rings. The van der Waals surface area contributed by atoms with Crippen LogP contribution in [0.15, 0.2) is 24.4 Å². The number of rotatable bonds is 6. The molecule has 0 saturated heterocycles. The maximum atomic E-state index is 6.10. The number of halogens is 2. The molecule has 0 saturated carbocycles. The molecule has 0 unspecified atom stereocenters. The Hall–Kier alpha value is -1.03. The van der Waals surface area contributed by atoms with Crippen LogP contribution in [-0.4, -0.2) is 16.3 Å². The van der Waals surface area contributed by atoms with E-state index in [-0.39, 0.29) is 0 Å². The van der Waals surface area contributed by atoms with Gasteiger partial charge in [-0.3, -0.25) is 0 Å². The summed E-state index contributed by atoms with van der Waals surface area (Å²) in [5.41, 5.74) is 3.41. The van der Waals surface area contributed by atoms with E-state index in [0.717, 1.165) is 31.6 Å². The molecule has 2 aromatic rings. The second-order valence-corrected chi connectivity index (χ2v) is 5.47. The van der Waals surface area contributed by atoms with Crippen LogP contribution in [-0.2, 0) is 13.0 Å². The third kappa shape index (κ3) is 3.35. The summed E-state index contributed by atoms with van der Waals surface area (Å²) in [6, 6.07) is 5.60. The first-order valence-corrected chi connectivity index (χ1v) is 7.64. The smallest absolute Gasteiger partial charge is 0.0664 e. The van der Waals surface area contributed by atoms with Gasteiger partial charge in [0.1, 0.15) is 0 Å². The highest BCUT2D eigenvalue weighted by Crippen LogP contribution is 2.25. The molecule has 1 aromatic heterocycles. The monoisotopic (exact) mass is 311 g/mol. The molecule has 0 aliphatic carbocycles. The summed E-state index contributed by atoms with van der Waals surface area (Å²) in [5, 5.41) is 8.97. The highest BCUT2D eigenvalue weighted by Gasteiger charge is 2.12. The van der Waals surface area contributed by atoms with Gasteiger partial charge in [-0.25, -0.2) is 4.68 Å². The van der Waals surface area contributed by atoms with Crippen LogP contribution in [0.5, 0.6) is 0 Å². The number of nitrogens with one attached hydrogen (secondary N) is 1. The van der Waals surface area contributed by atoms with Crippen molar-refractivity contribution in [2.75, 3.05) is 6.54 Å². The second-order valence-electron chi connectivity index (χ2n) is 4.66. The van der Waals surface area contributed by atoms with Crippen molar-refractivity contribution >= 4 is 23.2 Å². The molecule has 0 bridgehead atoms. The molecular weight excluding hydrogens is 293 g/mol. The van der Waals surface area contributed by atoms with Crippen molar-refractivity contribution < 1.29 is 0 Å². The number of hydrogen-bond acceptors (Lipinski definition) is 2. The predicted molar refractivity (Wildman–Crippen MR) is 85.0 cm³/mol. The topological polar surface area (TPSA) is 29.9 Å². The number of hydrogen-bond donors (Lipinski definition) is 1. The summed E-state index contributed by atoms with van der Waals surface area (Å²) >= 11 is 12.1. The predicted octanol–water partition coefficient (Wildman–Crippen LogP) is 4.24. The van der Waals surface area contributed by atoms with Crippen molar-refractivity contribution in [2.45, 2.75) is 33.2 Å². The summed E-state index contributed by atoms with van der Waals surface area (Å²) in [6.07, 6.45) is 3.99. The van der Waals surface area contributed by atoms with Gasteiger partial charge in [-0.1, -0.05) is 43.5 Å². The average Bonchev–Trinajstić information content (AvgIpc) is 2.83. The van der Waals surface area contributed by atoms with E-state index in [4.69, 9.17) is 23.2 Å². The Bertz CT molecular complexity index is 578. The maximum absolute atomic E-state index is 6.10. The molecule has 0 aliphatic rings. The van der Waals surface area contributed by atoms with Crippen molar-refractivity contribution in [3.8, 4) is 5.69 Å². The molecule has 20 heavy (non-hydrogen) atoms. The van der Waals surface area contributed by atoms with Crippen LogP contribution in [0.3, 0.4) is 0 Å². The molecule has 0 radical (unpaired) electrons. The molecule has 108 valence electrons. The average molecular weight is 312 g/mol. The second kappa shape index (κ2) is 7.11. The molecule has 0 spiro atoms. The SMILES string of the molecule is CCCc1c(CNCC)cnn1-c1ccc(Cl)c(Cl)c1. The van der Waals surface area contributed by atoms with E-state index in [1.54, 1.807) is 6.07 Å². The normalized spacial score (nSPS) is 11.0. The van der Waals surface area contributed by atoms with E-state index in [0.29, 0.717) is 10.0 Å². The quantitative estimate of drug-likeness (QED) is 0.864. The van der Waals surface area contributed by atoms with Crippen molar-refractivity contribution in [3.63, 3.8) is 0 Å². The van der Waals surface area contributed by atoms with Gasteiger partial charge in [-0.05, 0) is 31.2 Å². The van der Waals surface area contributed by atoms with E-state index in [2.05, 4.69) is 24.3 Å². The Kier molecular flexibility index (Phi) is 5.46. The minimum absolute atomic E-state index is 0.551. The summed E-state index contributed by atoms with van der Waals surface area (Å²) < 4.78 is 1.96. The Morgan fingerprint density at radius 2 is 2.00 bits per heavy atom. The number of benzene rings is 1. The van der Waals surface area contributed by atoms with Gasteiger partial charge in [0.05, 0.1) is 21.9 Å². The molecule has 1 aromatic carbocycles. The van der Waals surface area contributed by atoms with Gasteiger partial charge in [0.15, 0.2) is 0 Å². The third-order valence-corrected chi connectivity index (χ3v) is 3.89. The lowest BCUT2D eigenvalue weighted by molar-refractivity contribution is 0.707. The van der Waals surface area contributed by atoms with Crippen molar-refractivity contribution in [2.24, 2.45) is 0 Å². The zero-order valence-corrected chi connectivity index (χ0v) is 13.3. The lowest BCUT2D eigenvalue weighted by Gasteiger charge is -2.10. The number of aromatic nitrogens is 2. The fourth-order valence-electron chi connectivity index (χ4n) is 2.16. The fraction of sp³-hybridized carbons (Fsp3) is 0.400. The number of nitrogens with zero attached hydrogens (tertiary/aromatic N) is 2. The van der Waals surface area contributed by atoms with E-state index in [9.17, 15) is 0 Å². The summed E-state index contributed by atoms with van der Waals surface area (Å²) in [6.45, 7) is 6.06. The molecule has 5 heteroatoms. The molecule has 0 atom stereocenters. The van der Waals surface area contributed by atoms with Gasteiger partial charge >= 0.3 is 0 Å². The Morgan fingerprint density at radius 1 is 1.20 bits per heavy atom. The first-order valence-electron chi connectivity index (χ1n) is 6.89. The van der Waals surface area contributed by atoms with Crippen molar-refractivity contribution in [1.82, 2.24) is 15.1 Å². The van der Waals surface area contributed by atoms with Gasteiger partial charge in [-0.15, -0.1) is 0 Å². The molecule has 0 aliphatic heterocycles. The minimum Gasteiger partial charge on any atom is -0.313 e. The first kappa shape index (κ1) is 15.4. The van der Waals surface area contributed by atoms with Crippen molar-refractivity contribution in [1.29, 1.82) is 0 Å². The highest BCUT2D eigenvalue weighted by atomic mass is 35.5. The Morgan fingerprint density at radius 3 is 2.65 bits per heavy atom. The van der Waals surface area contributed by atoms with E-state index in [1.807, 2.05) is 23.0 Å². The summed E-state index contributed by atoms with van der Waals surface area (Å²) in [7, 11) is 0. The van der Waals surface area contributed by atoms with Gasteiger partial charge < -0.3 is 5.32 Å². The van der Waals surface area contributed by atoms with Gasteiger partial charge in [-0.2, -0.15) is 5.10 Å². The molecule has 0 amide bonds. The minimum atomic E-state index is 0.551. The van der Waals surface area contributed by atoms with Crippen LogP contribution in [0.1, 0.15) is 31.5 Å². The zero-order chi connectivity index (χ0) is 14.5. The molecular formula is C15H19Cl2N3. The molecule has 1 heterocycles. The highest BCUT2D eigenvalue weighted by molar-refractivity contribution is 6.42. The van der Waals surface area contributed by atoms with Crippen LogP contribution in [0, 0.1) is 0 Å². The van der Waals surface area contributed by atoms with E-state index in [1.165, 1.54) is 11.3 Å². The van der Waals surface area contributed by atoms with Gasteiger partial charge in [0, 0.05) is 17.8 Å². The standard InChI is InChI=1S/C15H19Cl2N3/c1-3-5-15-11(9-18-4-2)10-19-20(15)12-6-7-13(16)14(17)8-12/h6-8,10,18H,3-5,9H2,1-2H3. The zero-order valence-electron chi connectivity index (χ0n) is 11.8. The molecule has 1 N–H and O–H groups in total. The fourth-order valence-corrected chi connectivity index (χ4v) is 2.45. The Balaban J connectivity index is 2.39. The third-order valence-electron chi connectivity index (χ3n) is 3.16. The summed E-state index contributed by atoms with van der Waals surface area (Å²) in [4.78, 5) is 0. The van der Waals surface area contributed by atoms with Crippen LogP contribution < -0.4 is 5.32 Å². The van der Waals surface area contributed by atoms with E-state index >= 15 is 0 Å². The van der Waals surface area contributed by atoms with Crippen LogP contribution >= 0.6 is 23.2 Å². The lowest BCUT2D eigenvalue weighted by Crippen LogP contribution is -2.13. The van der Waals surface area contributed by atoms with Crippen LogP contribution in [0.25, 0.3) is 5.69 Å². The largest absolute Gasteiger partial charge is 0.313 e. The first-order chi connectivity index (χ1) is 9.67. The van der Waals surface area contributed by atoms with Gasteiger partial charge in [0.2, 0.25) is 0 Å². The summed E-state index contributed by atoms with van der Waals surface area (Å²) in [5.74, 6) is 0. The van der Waals surface area contributed by atoms with Crippen LogP contribution in [0.4, 0.5) is 0 Å².